The quantitative estimate of drug-likeness (QED) is 0.412. The molecule has 8 heteroatoms. The number of amides is 2. The zero-order chi connectivity index (χ0) is 27.4. The van der Waals surface area contributed by atoms with E-state index in [0.29, 0.717) is 41.3 Å². The molecule has 0 aliphatic carbocycles. The van der Waals surface area contributed by atoms with Crippen LogP contribution in [-0.4, -0.2) is 40.6 Å². The average molecular weight is 523 g/mol. The number of anilines is 1. The fourth-order valence-corrected chi connectivity index (χ4v) is 4.95. The summed E-state index contributed by atoms with van der Waals surface area (Å²) in [5, 5.41) is 5.90. The molecule has 0 bridgehead atoms. The number of nitrogens with one attached hydrogen (secondary N) is 2. The first-order valence-corrected chi connectivity index (χ1v) is 13.4. The van der Waals surface area contributed by atoms with E-state index in [9.17, 15) is 9.59 Å². The number of carbonyl (C=O) groups is 2. The zero-order valence-electron chi connectivity index (χ0n) is 22.5. The zero-order valence-corrected chi connectivity index (χ0v) is 22.5. The van der Waals surface area contributed by atoms with Crippen LogP contribution in [0.1, 0.15) is 69.8 Å². The van der Waals surface area contributed by atoms with Gasteiger partial charge in [-0.1, -0.05) is 36.8 Å². The third-order valence-corrected chi connectivity index (χ3v) is 6.95. The third kappa shape index (κ3) is 6.41. The number of pyridine rings is 1. The SMILES string of the molecule is CCCNC(=O)c1ccc(CN2CCc3ncc(NC(=O)c4ccc5c(c4)N=C(N)CC(C)=C5)cc3C2)cc1. The molecule has 0 saturated heterocycles. The van der Waals surface area contributed by atoms with Crippen molar-refractivity contribution < 1.29 is 9.59 Å². The number of hydrogen-bond donors (Lipinski definition) is 3. The number of carbonyl (C=O) groups excluding carboxylic acids is 2. The number of nitrogens with zero attached hydrogens (tertiary/aromatic N) is 3. The van der Waals surface area contributed by atoms with Crippen LogP contribution >= 0.6 is 0 Å². The lowest BCUT2D eigenvalue weighted by atomic mass is 10.0. The highest BCUT2D eigenvalue weighted by Gasteiger charge is 2.19. The molecule has 200 valence electrons. The number of fused-ring (bicyclic) bond motifs is 2. The highest BCUT2D eigenvalue weighted by atomic mass is 16.2. The van der Waals surface area contributed by atoms with Crippen LogP contribution in [0.15, 0.2) is 65.3 Å². The second-order valence-corrected chi connectivity index (χ2v) is 10.2. The van der Waals surface area contributed by atoms with Gasteiger partial charge in [-0.25, -0.2) is 4.99 Å². The molecule has 39 heavy (non-hydrogen) atoms. The van der Waals surface area contributed by atoms with E-state index in [2.05, 4.69) is 31.6 Å². The molecule has 2 aliphatic heterocycles. The largest absolute Gasteiger partial charge is 0.387 e. The molecule has 2 aromatic carbocycles. The number of benzene rings is 2. The molecule has 0 unspecified atom stereocenters. The van der Waals surface area contributed by atoms with Gasteiger partial charge in [-0.15, -0.1) is 0 Å². The Labute approximate surface area is 229 Å². The number of amidine groups is 1. The van der Waals surface area contributed by atoms with Crippen molar-refractivity contribution in [3.05, 3.63) is 93.8 Å². The number of hydrogen-bond acceptors (Lipinski definition) is 6. The molecule has 0 fully saturated rings. The van der Waals surface area contributed by atoms with E-state index in [1.165, 1.54) is 0 Å². The Balaban J connectivity index is 1.24. The Morgan fingerprint density at radius 3 is 2.64 bits per heavy atom. The van der Waals surface area contributed by atoms with E-state index in [1.807, 2.05) is 50.2 Å². The minimum Gasteiger partial charge on any atom is -0.387 e. The number of aromatic nitrogens is 1. The molecule has 0 spiro atoms. The fourth-order valence-electron chi connectivity index (χ4n) is 4.95. The van der Waals surface area contributed by atoms with Gasteiger partial charge in [0.2, 0.25) is 0 Å². The topological polar surface area (TPSA) is 113 Å². The summed E-state index contributed by atoms with van der Waals surface area (Å²) in [5.74, 6) is 0.288. The van der Waals surface area contributed by atoms with Crippen molar-refractivity contribution in [3.8, 4) is 0 Å². The van der Waals surface area contributed by atoms with E-state index in [0.717, 1.165) is 60.4 Å². The summed E-state index contributed by atoms with van der Waals surface area (Å²) in [5.41, 5.74) is 14.0. The second-order valence-electron chi connectivity index (χ2n) is 10.2. The molecule has 0 atom stereocenters. The minimum atomic E-state index is -0.214. The van der Waals surface area contributed by atoms with E-state index >= 15 is 0 Å². The van der Waals surface area contributed by atoms with Gasteiger partial charge in [0, 0.05) is 61.4 Å². The normalized spacial score (nSPS) is 14.8. The predicted molar refractivity (Wildman–Crippen MR) is 155 cm³/mol. The summed E-state index contributed by atoms with van der Waals surface area (Å²) in [6.07, 6.45) is 6.16. The fraction of sp³-hybridized carbons (Fsp3) is 0.290. The first-order chi connectivity index (χ1) is 18.9. The van der Waals surface area contributed by atoms with Gasteiger partial charge >= 0.3 is 0 Å². The van der Waals surface area contributed by atoms with Crippen LogP contribution in [0.5, 0.6) is 0 Å². The molecule has 1 aromatic heterocycles. The Kier molecular flexibility index (Phi) is 7.84. The van der Waals surface area contributed by atoms with Crippen LogP contribution in [0.2, 0.25) is 0 Å². The Morgan fingerprint density at radius 1 is 1.05 bits per heavy atom. The van der Waals surface area contributed by atoms with E-state index in [1.54, 1.807) is 18.3 Å². The van der Waals surface area contributed by atoms with Gasteiger partial charge in [-0.05, 0) is 54.8 Å². The number of aliphatic imine (C=N–C) groups is 1. The molecule has 0 saturated carbocycles. The van der Waals surface area contributed by atoms with Gasteiger partial charge in [0.25, 0.3) is 11.8 Å². The van der Waals surface area contributed by atoms with Gasteiger partial charge in [-0.2, -0.15) is 0 Å². The Hall–Kier alpha value is -4.30. The van der Waals surface area contributed by atoms with E-state index in [-0.39, 0.29) is 11.8 Å². The smallest absolute Gasteiger partial charge is 0.255 e. The number of rotatable bonds is 7. The van der Waals surface area contributed by atoms with Crippen molar-refractivity contribution >= 4 is 35.1 Å². The molecule has 2 aliphatic rings. The summed E-state index contributed by atoms with van der Waals surface area (Å²) >= 11 is 0. The maximum atomic E-state index is 13.1. The molecule has 3 aromatic rings. The van der Waals surface area contributed by atoms with Crippen molar-refractivity contribution in [2.45, 2.75) is 46.2 Å². The number of nitrogens with two attached hydrogens (primary N) is 1. The van der Waals surface area contributed by atoms with E-state index < -0.39 is 0 Å². The molecule has 0 radical (unpaired) electrons. The van der Waals surface area contributed by atoms with Crippen LogP contribution in [0.3, 0.4) is 0 Å². The van der Waals surface area contributed by atoms with Crippen LogP contribution < -0.4 is 16.4 Å². The summed E-state index contributed by atoms with van der Waals surface area (Å²) in [4.78, 5) is 36.7. The van der Waals surface area contributed by atoms with Gasteiger partial charge < -0.3 is 16.4 Å². The summed E-state index contributed by atoms with van der Waals surface area (Å²) < 4.78 is 0. The highest BCUT2D eigenvalue weighted by Crippen LogP contribution is 2.28. The monoisotopic (exact) mass is 522 g/mol. The van der Waals surface area contributed by atoms with Gasteiger partial charge in [0.05, 0.1) is 17.6 Å². The van der Waals surface area contributed by atoms with Crippen LogP contribution in [0, 0.1) is 0 Å². The van der Waals surface area contributed by atoms with Crippen molar-refractivity contribution in [3.63, 3.8) is 0 Å². The molecule has 5 rings (SSSR count). The predicted octanol–water partition coefficient (Wildman–Crippen LogP) is 4.83. The molecular weight excluding hydrogens is 488 g/mol. The minimum absolute atomic E-state index is 0.0365. The average Bonchev–Trinajstić information content (AvgIpc) is 3.07. The lowest BCUT2D eigenvalue weighted by Crippen LogP contribution is -2.31. The second kappa shape index (κ2) is 11.6. The molecule has 4 N–H and O–H groups in total. The van der Waals surface area contributed by atoms with Crippen molar-refractivity contribution in [1.29, 1.82) is 0 Å². The standard InChI is InChI=1S/C31H34N6O2/c1-3-11-33-30(38)22-6-4-21(5-7-22)18-37-12-10-27-25(19-37)15-26(17-34-27)35-31(39)24-9-8-23-13-20(2)14-29(32)36-28(23)16-24/h4-9,13,15-17H,3,10-12,14,18-19H2,1-2H3,(H2,32,36)(H,33,38)(H,35,39). The Bertz CT molecular complexity index is 1460. The Morgan fingerprint density at radius 2 is 1.85 bits per heavy atom. The van der Waals surface area contributed by atoms with Crippen LogP contribution in [-0.2, 0) is 19.5 Å². The first kappa shape index (κ1) is 26.3. The highest BCUT2D eigenvalue weighted by molar-refractivity contribution is 6.05. The summed E-state index contributed by atoms with van der Waals surface area (Å²) in [6.45, 7) is 7.15. The van der Waals surface area contributed by atoms with Gasteiger partial charge in [-0.3, -0.25) is 19.5 Å². The first-order valence-electron chi connectivity index (χ1n) is 13.4. The molecular formula is C31H34N6O2. The lowest BCUT2D eigenvalue weighted by Gasteiger charge is -2.28. The lowest BCUT2D eigenvalue weighted by molar-refractivity contribution is 0.0952. The summed E-state index contributed by atoms with van der Waals surface area (Å²) in [7, 11) is 0. The van der Waals surface area contributed by atoms with Gasteiger partial charge in [0.1, 0.15) is 5.84 Å². The van der Waals surface area contributed by atoms with Crippen LogP contribution in [0.25, 0.3) is 6.08 Å². The van der Waals surface area contributed by atoms with Gasteiger partial charge in [0.15, 0.2) is 0 Å². The maximum absolute atomic E-state index is 13.1. The maximum Gasteiger partial charge on any atom is 0.255 e. The molecule has 2 amide bonds. The van der Waals surface area contributed by atoms with Crippen LogP contribution in [0.4, 0.5) is 11.4 Å². The van der Waals surface area contributed by atoms with E-state index in [4.69, 9.17) is 5.73 Å². The molecule has 3 heterocycles. The van der Waals surface area contributed by atoms with Crippen molar-refractivity contribution in [2.75, 3.05) is 18.4 Å². The van der Waals surface area contributed by atoms with Crippen molar-refractivity contribution in [2.24, 2.45) is 10.7 Å². The summed E-state index contributed by atoms with van der Waals surface area (Å²) in [6, 6.07) is 15.3. The molecule has 8 nitrogen and oxygen atoms in total. The third-order valence-electron chi connectivity index (χ3n) is 6.95. The van der Waals surface area contributed by atoms with Crippen molar-refractivity contribution in [1.82, 2.24) is 15.2 Å².